The summed E-state index contributed by atoms with van der Waals surface area (Å²) < 4.78 is 75.9. The van der Waals surface area contributed by atoms with Crippen LogP contribution in [-0.4, -0.2) is 4.98 Å². The van der Waals surface area contributed by atoms with Crippen LogP contribution in [0.4, 0.5) is 37.2 Å². The number of thiazole rings is 1. The summed E-state index contributed by atoms with van der Waals surface area (Å²) in [5.74, 6) is 0. The molecule has 0 saturated carbocycles. The van der Waals surface area contributed by atoms with Crippen molar-refractivity contribution in [2.75, 3.05) is 5.32 Å². The van der Waals surface area contributed by atoms with Gasteiger partial charge in [-0.05, 0) is 42.5 Å². The molecule has 0 saturated heterocycles. The molecule has 9 heteroatoms. The molecule has 0 atom stereocenters. The van der Waals surface area contributed by atoms with Crippen LogP contribution in [0.25, 0.3) is 10.2 Å². The molecule has 0 unspecified atom stereocenters. The van der Waals surface area contributed by atoms with Crippen molar-refractivity contribution in [2.45, 2.75) is 12.4 Å². The number of fused-ring (bicyclic) bond motifs is 1. The first-order valence-electron chi connectivity index (χ1n) is 6.55. The van der Waals surface area contributed by atoms with Gasteiger partial charge in [0.1, 0.15) is 0 Å². The molecule has 1 heterocycles. The van der Waals surface area contributed by atoms with Crippen LogP contribution in [0.3, 0.4) is 0 Å². The Morgan fingerprint density at radius 1 is 0.792 bits per heavy atom. The van der Waals surface area contributed by atoms with Gasteiger partial charge in [0.15, 0.2) is 5.13 Å². The van der Waals surface area contributed by atoms with Crippen LogP contribution in [0.2, 0.25) is 0 Å². The molecule has 2 nitrogen and oxygen atoms in total. The molecular weight excluding hydrogens is 354 g/mol. The Balaban J connectivity index is 1.85. The van der Waals surface area contributed by atoms with E-state index in [0.717, 1.165) is 35.6 Å². The van der Waals surface area contributed by atoms with Crippen LogP contribution in [-0.2, 0) is 12.4 Å². The number of nitrogens with one attached hydrogen (secondary N) is 1. The number of rotatable bonds is 2. The molecule has 126 valence electrons. The molecular formula is C15H8F6N2S. The first-order valence-corrected chi connectivity index (χ1v) is 7.37. The maximum atomic E-state index is 12.7. The fourth-order valence-electron chi connectivity index (χ4n) is 2.02. The monoisotopic (exact) mass is 362 g/mol. The SMILES string of the molecule is FC(F)(F)c1ccc(Nc2nc3ccc(C(F)(F)F)cc3s2)cc1. The molecule has 1 N–H and O–H groups in total. The number of nitrogens with zero attached hydrogens (tertiary/aromatic N) is 1. The van der Waals surface area contributed by atoms with E-state index >= 15 is 0 Å². The number of aromatic nitrogens is 1. The lowest BCUT2D eigenvalue weighted by Crippen LogP contribution is -2.04. The maximum Gasteiger partial charge on any atom is 0.416 e. The van der Waals surface area contributed by atoms with Crippen molar-refractivity contribution < 1.29 is 26.3 Å². The summed E-state index contributed by atoms with van der Waals surface area (Å²) in [4.78, 5) is 4.12. The molecule has 0 aliphatic carbocycles. The topological polar surface area (TPSA) is 24.9 Å². The van der Waals surface area contributed by atoms with Gasteiger partial charge < -0.3 is 5.32 Å². The minimum absolute atomic E-state index is 0.295. The standard InChI is InChI=1S/C15H8F6N2S/c16-14(17,18)8-1-4-10(5-2-8)22-13-23-11-6-3-9(15(19,20)21)7-12(11)24-13/h1-7H,(H,22,23). The van der Waals surface area contributed by atoms with Gasteiger partial charge in [0, 0.05) is 5.69 Å². The first-order chi connectivity index (χ1) is 11.1. The van der Waals surface area contributed by atoms with Gasteiger partial charge in [0.05, 0.1) is 21.3 Å². The summed E-state index contributed by atoms with van der Waals surface area (Å²) >= 11 is 0.988. The first kappa shape index (κ1) is 16.6. The van der Waals surface area contributed by atoms with Gasteiger partial charge in [-0.25, -0.2) is 4.98 Å². The van der Waals surface area contributed by atoms with Gasteiger partial charge in [-0.2, -0.15) is 26.3 Å². The van der Waals surface area contributed by atoms with E-state index in [1.807, 2.05) is 0 Å². The van der Waals surface area contributed by atoms with Crippen molar-refractivity contribution in [1.29, 1.82) is 0 Å². The molecule has 3 rings (SSSR count). The highest BCUT2D eigenvalue weighted by molar-refractivity contribution is 7.22. The largest absolute Gasteiger partial charge is 0.416 e. The van der Waals surface area contributed by atoms with Gasteiger partial charge in [-0.1, -0.05) is 11.3 Å². The lowest BCUT2D eigenvalue weighted by atomic mass is 10.2. The average Bonchev–Trinajstić information content (AvgIpc) is 2.87. The Hall–Kier alpha value is -2.29. The van der Waals surface area contributed by atoms with Crippen LogP contribution >= 0.6 is 11.3 Å². The molecule has 0 spiro atoms. The van der Waals surface area contributed by atoms with Crippen LogP contribution in [0.1, 0.15) is 11.1 Å². The second-order valence-corrected chi connectivity index (χ2v) is 5.93. The summed E-state index contributed by atoms with van der Waals surface area (Å²) in [5, 5.41) is 3.08. The number of anilines is 2. The molecule has 0 amide bonds. The fraction of sp³-hybridized carbons (Fsp3) is 0.133. The molecule has 1 aromatic heterocycles. The van der Waals surface area contributed by atoms with E-state index in [9.17, 15) is 26.3 Å². The van der Waals surface area contributed by atoms with Gasteiger partial charge >= 0.3 is 12.4 Å². The van der Waals surface area contributed by atoms with E-state index < -0.39 is 23.5 Å². The molecule has 0 bridgehead atoms. The van der Waals surface area contributed by atoms with Crippen molar-refractivity contribution in [3.05, 3.63) is 53.6 Å². The third-order valence-corrected chi connectivity index (χ3v) is 4.11. The van der Waals surface area contributed by atoms with Crippen LogP contribution in [0.15, 0.2) is 42.5 Å². The summed E-state index contributed by atoms with van der Waals surface area (Å²) in [6, 6.07) is 7.47. The zero-order valence-electron chi connectivity index (χ0n) is 11.7. The van der Waals surface area contributed by atoms with E-state index in [2.05, 4.69) is 10.3 Å². The predicted molar refractivity (Wildman–Crippen MR) is 79.3 cm³/mol. The zero-order chi connectivity index (χ0) is 17.5. The van der Waals surface area contributed by atoms with Crippen LogP contribution in [0, 0.1) is 0 Å². The highest BCUT2D eigenvalue weighted by Crippen LogP contribution is 2.35. The minimum Gasteiger partial charge on any atom is -0.332 e. The smallest absolute Gasteiger partial charge is 0.332 e. The van der Waals surface area contributed by atoms with E-state index in [-0.39, 0.29) is 0 Å². The van der Waals surface area contributed by atoms with E-state index in [1.54, 1.807) is 0 Å². The highest BCUT2D eigenvalue weighted by Gasteiger charge is 2.31. The van der Waals surface area contributed by atoms with E-state index in [1.165, 1.54) is 18.2 Å². The Morgan fingerprint density at radius 3 is 1.96 bits per heavy atom. The zero-order valence-corrected chi connectivity index (χ0v) is 12.5. The molecule has 2 aromatic carbocycles. The van der Waals surface area contributed by atoms with Gasteiger partial charge in [0.2, 0.25) is 0 Å². The molecule has 0 aliphatic heterocycles. The summed E-state index contributed by atoms with van der Waals surface area (Å²) in [5.41, 5.74) is -0.826. The van der Waals surface area contributed by atoms with E-state index in [4.69, 9.17) is 0 Å². The van der Waals surface area contributed by atoms with E-state index in [0.29, 0.717) is 21.0 Å². The second kappa shape index (κ2) is 5.66. The maximum absolute atomic E-state index is 12.7. The molecule has 0 radical (unpaired) electrons. The Kier molecular flexibility index (Phi) is 3.90. The quantitative estimate of drug-likeness (QED) is 0.559. The lowest BCUT2D eigenvalue weighted by molar-refractivity contribution is -0.138. The molecule has 0 fully saturated rings. The Bertz CT molecular complexity index is 864. The third kappa shape index (κ3) is 3.45. The van der Waals surface area contributed by atoms with Crippen LogP contribution in [0.5, 0.6) is 0 Å². The van der Waals surface area contributed by atoms with Crippen LogP contribution < -0.4 is 5.32 Å². The minimum atomic E-state index is -4.45. The lowest BCUT2D eigenvalue weighted by Gasteiger charge is -2.07. The number of hydrogen-bond acceptors (Lipinski definition) is 3. The average molecular weight is 362 g/mol. The molecule has 3 aromatic rings. The van der Waals surface area contributed by atoms with Crippen molar-refractivity contribution in [3.8, 4) is 0 Å². The Labute approximate surface area is 135 Å². The number of benzene rings is 2. The number of halogens is 6. The number of hydrogen-bond donors (Lipinski definition) is 1. The number of alkyl halides is 6. The summed E-state index contributed by atoms with van der Waals surface area (Å²) in [7, 11) is 0. The molecule has 24 heavy (non-hydrogen) atoms. The van der Waals surface area contributed by atoms with Crippen molar-refractivity contribution in [1.82, 2.24) is 4.98 Å². The van der Waals surface area contributed by atoms with Crippen molar-refractivity contribution in [3.63, 3.8) is 0 Å². The second-order valence-electron chi connectivity index (χ2n) is 4.90. The van der Waals surface area contributed by atoms with Gasteiger partial charge in [-0.3, -0.25) is 0 Å². The van der Waals surface area contributed by atoms with Gasteiger partial charge in [0.25, 0.3) is 0 Å². The van der Waals surface area contributed by atoms with Crippen molar-refractivity contribution >= 4 is 32.4 Å². The summed E-state index contributed by atoms with van der Waals surface area (Å²) in [6.45, 7) is 0. The van der Waals surface area contributed by atoms with Gasteiger partial charge in [-0.15, -0.1) is 0 Å². The fourth-order valence-corrected chi connectivity index (χ4v) is 2.95. The predicted octanol–water partition coefficient (Wildman–Crippen LogP) is 6.08. The normalized spacial score (nSPS) is 12.6. The molecule has 0 aliphatic rings. The summed E-state index contributed by atoms with van der Waals surface area (Å²) in [6.07, 6.45) is -8.87. The Morgan fingerprint density at radius 2 is 1.38 bits per heavy atom. The van der Waals surface area contributed by atoms with Crippen molar-refractivity contribution in [2.24, 2.45) is 0 Å². The highest BCUT2D eigenvalue weighted by atomic mass is 32.1. The third-order valence-electron chi connectivity index (χ3n) is 3.18.